The van der Waals surface area contributed by atoms with Crippen LogP contribution in [0.25, 0.3) is 11.3 Å². The van der Waals surface area contributed by atoms with Crippen molar-refractivity contribution in [2.45, 2.75) is 18.9 Å². The van der Waals surface area contributed by atoms with Crippen molar-refractivity contribution in [2.75, 3.05) is 18.0 Å². The summed E-state index contributed by atoms with van der Waals surface area (Å²) in [6, 6.07) is 6.40. The van der Waals surface area contributed by atoms with Crippen LogP contribution in [-0.4, -0.2) is 32.7 Å². The third kappa shape index (κ3) is 3.37. The van der Waals surface area contributed by atoms with Gasteiger partial charge in [0.25, 0.3) is 0 Å². The number of hydrogen-bond acceptors (Lipinski definition) is 5. The van der Waals surface area contributed by atoms with Gasteiger partial charge in [-0.05, 0) is 37.1 Å². The molecule has 1 N–H and O–H groups in total. The number of hydrogen-bond donors (Lipinski definition) is 1. The molecule has 0 amide bonds. The van der Waals surface area contributed by atoms with Gasteiger partial charge in [-0.2, -0.15) is 0 Å². The van der Waals surface area contributed by atoms with E-state index in [1.165, 1.54) is 12.1 Å². The van der Waals surface area contributed by atoms with Crippen LogP contribution in [0.2, 0.25) is 0 Å². The Bertz CT molecular complexity index is 876. The molecule has 5 nitrogen and oxygen atoms in total. The molecule has 4 rings (SSSR count). The van der Waals surface area contributed by atoms with Gasteiger partial charge in [-0.3, -0.25) is 0 Å². The number of benzene rings is 1. The van der Waals surface area contributed by atoms with E-state index >= 15 is 0 Å². The standard InChI is InChI=1S/C19H21FN4OS/c1-23-10-8-21-18(23)17(25)14-3-2-9-24(11-14)19-22-16(12-26-19)13-4-6-15(20)7-5-13/h4-8,10,12,14,17,25H,2-3,9,11H2,1H3. The quantitative estimate of drug-likeness (QED) is 0.760. The molecule has 0 spiro atoms. The summed E-state index contributed by atoms with van der Waals surface area (Å²) >= 11 is 1.59. The zero-order chi connectivity index (χ0) is 18.1. The molecule has 2 unspecified atom stereocenters. The molecule has 2 aromatic heterocycles. The molecule has 0 bridgehead atoms. The average molecular weight is 372 g/mol. The molecular weight excluding hydrogens is 351 g/mol. The van der Waals surface area contributed by atoms with Crippen LogP contribution in [0.5, 0.6) is 0 Å². The van der Waals surface area contributed by atoms with Crippen LogP contribution in [0.4, 0.5) is 9.52 Å². The minimum Gasteiger partial charge on any atom is -0.385 e. The molecule has 1 aliphatic rings. The fourth-order valence-corrected chi connectivity index (χ4v) is 4.35. The lowest BCUT2D eigenvalue weighted by molar-refractivity contribution is 0.0875. The van der Waals surface area contributed by atoms with Crippen molar-refractivity contribution in [1.82, 2.24) is 14.5 Å². The Morgan fingerprint density at radius 1 is 1.31 bits per heavy atom. The first kappa shape index (κ1) is 17.2. The van der Waals surface area contributed by atoms with Crippen LogP contribution < -0.4 is 4.90 Å². The molecule has 1 fully saturated rings. The highest BCUT2D eigenvalue weighted by molar-refractivity contribution is 7.14. The Kier molecular flexibility index (Phi) is 4.74. The summed E-state index contributed by atoms with van der Waals surface area (Å²) in [6.07, 6.45) is 4.98. The van der Waals surface area contributed by atoms with Crippen molar-refractivity contribution in [2.24, 2.45) is 13.0 Å². The summed E-state index contributed by atoms with van der Waals surface area (Å²) in [6.45, 7) is 1.69. The zero-order valence-electron chi connectivity index (χ0n) is 14.5. The molecule has 3 heterocycles. The SMILES string of the molecule is Cn1ccnc1C(O)C1CCCN(c2nc(-c3ccc(F)cc3)cs2)C1. The number of thiazole rings is 1. The molecule has 1 aliphatic heterocycles. The third-order valence-electron chi connectivity index (χ3n) is 4.93. The van der Waals surface area contributed by atoms with Gasteiger partial charge in [-0.1, -0.05) is 0 Å². The molecule has 0 aliphatic carbocycles. The Balaban J connectivity index is 1.50. The van der Waals surface area contributed by atoms with Gasteiger partial charge >= 0.3 is 0 Å². The van der Waals surface area contributed by atoms with Gasteiger partial charge in [-0.15, -0.1) is 11.3 Å². The molecule has 3 aromatic rings. The molecule has 1 saturated heterocycles. The summed E-state index contributed by atoms with van der Waals surface area (Å²) in [7, 11) is 1.90. The average Bonchev–Trinajstić information content (AvgIpc) is 3.31. The minimum atomic E-state index is -0.575. The fourth-order valence-electron chi connectivity index (χ4n) is 3.48. The van der Waals surface area contributed by atoms with E-state index in [0.717, 1.165) is 42.3 Å². The van der Waals surface area contributed by atoms with Crippen molar-refractivity contribution < 1.29 is 9.50 Å². The number of aliphatic hydroxyl groups excluding tert-OH is 1. The first-order valence-corrected chi connectivity index (χ1v) is 9.61. The second kappa shape index (κ2) is 7.17. The Hall–Kier alpha value is -2.25. The Morgan fingerprint density at radius 2 is 2.12 bits per heavy atom. The van der Waals surface area contributed by atoms with E-state index in [9.17, 15) is 9.50 Å². The topological polar surface area (TPSA) is 54.2 Å². The number of halogens is 1. The highest BCUT2D eigenvalue weighted by Gasteiger charge is 2.30. The number of aromatic nitrogens is 3. The number of rotatable bonds is 4. The molecule has 1 aromatic carbocycles. The number of piperidine rings is 1. The van der Waals surface area contributed by atoms with Crippen LogP contribution in [0.1, 0.15) is 24.8 Å². The van der Waals surface area contributed by atoms with E-state index < -0.39 is 6.10 Å². The van der Waals surface area contributed by atoms with Crippen molar-refractivity contribution in [1.29, 1.82) is 0 Å². The van der Waals surface area contributed by atoms with E-state index in [4.69, 9.17) is 4.98 Å². The van der Waals surface area contributed by atoms with Gasteiger partial charge in [0.05, 0.1) is 5.69 Å². The van der Waals surface area contributed by atoms with Crippen LogP contribution in [0, 0.1) is 11.7 Å². The van der Waals surface area contributed by atoms with E-state index in [1.54, 1.807) is 29.7 Å². The highest BCUT2D eigenvalue weighted by Crippen LogP contribution is 2.34. The summed E-state index contributed by atoms with van der Waals surface area (Å²) in [5, 5.41) is 13.7. The maximum Gasteiger partial charge on any atom is 0.185 e. The molecule has 26 heavy (non-hydrogen) atoms. The molecule has 7 heteroatoms. The predicted molar refractivity (Wildman–Crippen MR) is 101 cm³/mol. The number of nitrogens with zero attached hydrogens (tertiary/aromatic N) is 4. The van der Waals surface area contributed by atoms with E-state index in [-0.39, 0.29) is 11.7 Å². The van der Waals surface area contributed by atoms with Crippen LogP contribution in [0.15, 0.2) is 42.0 Å². The first-order chi connectivity index (χ1) is 12.6. The molecule has 0 radical (unpaired) electrons. The first-order valence-electron chi connectivity index (χ1n) is 8.73. The predicted octanol–water partition coefficient (Wildman–Crippen LogP) is 3.63. The summed E-state index contributed by atoms with van der Waals surface area (Å²) in [4.78, 5) is 11.3. The molecule has 2 atom stereocenters. The summed E-state index contributed by atoms with van der Waals surface area (Å²) in [5.74, 6) is 0.595. The van der Waals surface area contributed by atoms with E-state index in [2.05, 4.69) is 9.88 Å². The second-order valence-electron chi connectivity index (χ2n) is 6.71. The Labute approximate surface area is 155 Å². The number of imidazole rings is 1. The maximum atomic E-state index is 13.1. The smallest absolute Gasteiger partial charge is 0.185 e. The molecule has 136 valence electrons. The maximum absolute atomic E-state index is 13.1. The lowest BCUT2D eigenvalue weighted by Crippen LogP contribution is -2.38. The van der Waals surface area contributed by atoms with Crippen LogP contribution in [-0.2, 0) is 7.05 Å². The molecule has 0 saturated carbocycles. The molecular formula is C19H21FN4OS. The zero-order valence-corrected chi connectivity index (χ0v) is 15.4. The van der Waals surface area contributed by atoms with Gasteiger partial charge in [0.2, 0.25) is 0 Å². The fraction of sp³-hybridized carbons (Fsp3) is 0.368. The van der Waals surface area contributed by atoms with Crippen LogP contribution in [0.3, 0.4) is 0 Å². The van der Waals surface area contributed by atoms with Crippen molar-refractivity contribution in [3.8, 4) is 11.3 Å². The number of aliphatic hydroxyl groups is 1. The second-order valence-corrected chi connectivity index (χ2v) is 7.55. The minimum absolute atomic E-state index is 0.128. The van der Waals surface area contributed by atoms with Gasteiger partial charge < -0.3 is 14.6 Å². The van der Waals surface area contributed by atoms with Gasteiger partial charge in [0, 0.05) is 49.4 Å². The van der Waals surface area contributed by atoms with Gasteiger partial charge in [0.1, 0.15) is 17.7 Å². The normalized spacial score (nSPS) is 18.9. The number of aryl methyl sites for hydroxylation is 1. The van der Waals surface area contributed by atoms with Gasteiger partial charge in [-0.25, -0.2) is 14.4 Å². The summed E-state index contributed by atoms with van der Waals surface area (Å²) < 4.78 is 15.0. The Morgan fingerprint density at radius 3 is 2.85 bits per heavy atom. The lowest BCUT2D eigenvalue weighted by atomic mass is 9.92. The van der Waals surface area contributed by atoms with E-state index in [1.807, 2.05) is 23.2 Å². The number of anilines is 1. The van der Waals surface area contributed by atoms with Crippen LogP contribution >= 0.6 is 11.3 Å². The van der Waals surface area contributed by atoms with Gasteiger partial charge in [0.15, 0.2) is 5.13 Å². The summed E-state index contributed by atoms with van der Waals surface area (Å²) in [5.41, 5.74) is 1.77. The van der Waals surface area contributed by atoms with Crippen molar-refractivity contribution >= 4 is 16.5 Å². The largest absolute Gasteiger partial charge is 0.385 e. The van der Waals surface area contributed by atoms with Crippen molar-refractivity contribution in [3.05, 3.63) is 53.7 Å². The highest BCUT2D eigenvalue weighted by atomic mass is 32.1. The monoisotopic (exact) mass is 372 g/mol. The van der Waals surface area contributed by atoms with Crippen molar-refractivity contribution in [3.63, 3.8) is 0 Å². The lowest BCUT2D eigenvalue weighted by Gasteiger charge is -2.34. The van der Waals surface area contributed by atoms with E-state index in [0.29, 0.717) is 5.82 Å². The third-order valence-corrected chi connectivity index (χ3v) is 5.83.